The largest absolute Gasteiger partial charge is 0.733 e. The highest BCUT2D eigenvalue weighted by Crippen LogP contribution is 2.42. The summed E-state index contributed by atoms with van der Waals surface area (Å²) >= 11 is 0. The Bertz CT molecular complexity index is 1140. The molecular formula is C21H19N4O4-. The lowest BCUT2D eigenvalue weighted by Gasteiger charge is -2.46. The van der Waals surface area contributed by atoms with Crippen LogP contribution in [0.2, 0.25) is 0 Å². The van der Waals surface area contributed by atoms with Crippen molar-refractivity contribution in [2.75, 3.05) is 18.8 Å². The van der Waals surface area contributed by atoms with Crippen LogP contribution in [0.15, 0.2) is 48.5 Å². The maximum absolute atomic E-state index is 13.0. The topological polar surface area (TPSA) is 103 Å². The molecule has 0 aliphatic carbocycles. The summed E-state index contributed by atoms with van der Waals surface area (Å²) in [6.45, 7) is 0.00870. The fourth-order valence-corrected chi connectivity index (χ4v) is 4.57. The number of aromatic nitrogens is 1. The number of hydrogen-bond acceptors (Lipinski definition) is 5. The smallest absolute Gasteiger partial charge is 0.245 e. The molecule has 8 nitrogen and oxygen atoms in total. The van der Waals surface area contributed by atoms with Crippen molar-refractivity contribution in [2.45, 2.75) is 18.5 Å². The second kappa shape index (κ2) is 6.33. The normalized spacial score (nSPS) is 21.3. The number of H-pyrrole nitrogens is 1. The lowest BCUT2D eigenvalue weighted by atomic mass is 9.86. The van der Waals surface area contributed by atoms with E-state index >= 15 is 0 Å². The van der Waals surface area contributed by atoms with Gasteiger partial charge in [-0.3, -0.25) is 14.8 Å². The fourth-order valence-electron chi connectivity index (χ4n) is 4.57. The van der Waals surface area contributed by atoms with Gasteiger partial charge in [-0.15, -0.1) is 0 Å². The molecule has 0 radical (unpaired) electrons. The summed E-state index contributed by atoms with van der Waals surface area (Å²) in [7, 11) is 1.64. The van der Waals surface area contributed by atoms with Crippen LogP contribution in [0.5, 0.6) is 0 Å². The molecule has 2 aliphatic rings. The molecule has 2 aliphatic heterocycles. The predicted molar refractivity (Wildman–Crippen MR) is 106 cm³/mol. The van der Waals surface area contributed by atoms with E-state index in [-0.39, 0.29) is 29.3 Å². The molecule has 2 atom stereocenters. The van der Waals surface area contributed by atoms with Gasteiger partial charge in [-0.2, -0.15) is 0 Å². The average molecular weight is 391 g/mol. The maximum Gasteiger partial charge on any atom is 0.245 e. The summed E-state index contributed by atoms with van der Waals surface area (Å²) in [5.41, 5.74) is 3.48. The summed E-state index contributed by atoms with van der Waals surface area (Å²) < 4.78 is 0. The Labute approximate surface area is 166 Å². The molecule has 1 fully saturated rings. The van der Waals surface area contributed by atoms with Gasteiger partial charge in [0.05, 0.1) is 18.3 Å². The summed E-state index contributed by atoms with van der Waals surface area (Å²) in [6.07, 6.45) is 0.429. The third kappa shape index (κ3) is 2.60. The van der Waals surface area contributed by atoms with Crippen LogP contribution >= 0.6 is 0 Å². The van der Waals surface area contributed by atoms with Crippen LogP contribution in [0.25, 0.3) is 10.9 Å². The molecule has 2 N–H and O–H groups in total. The van der Waals surface area contributed by atoms with Gasteiger partial charge in [0.1, 0.15) is 6.04 Å². The molecule has 2 unspecified atom stereocenters. The number of aromatic amines is 1. The molecule has 5 rings (SSSR count). The van der Waals surface area contributed by atoms with Gasteiger partial charge in [-0.05, 0) is 29.3 Å². The summed E-state index contributed by atoms with van der Waals surface area (Å²) in [4.78, 5) is 32.5. The maximum atomic E-state index is 13.0. The van der Waals surface area contributed by atoms with Gasteiger partial charge in [0.15, 0.2) is 0 Å². The number of fused-ring (bicyclic) bond motifs is 4. The zero-order chi connectivity index (χ0) is 20.3. The Hall–Kier alpha value is -3.36. The number of hydrogen-bond donors (Lipinski definition) is 2. The Morgan fingerprint density at radius 1 is 1.17 bits per heavy atom. The van der Waals surface area contributed by atoms with Gasteiger partial charge in [-0.1, -0.05) is 30.3 Å². The molecule has 8 heteroatoms. The second-order valence-corrected chi connectivity index (χ2v) is 7.55. The van der Waals surface area contributed by atoms with Crippen molar-refractivity contribution in [1.29, 1.82) is 0 Å². The first-order valence-electron chi connectivity index (χ1n) is 9.37. The number of rotatable bonds is 2. The highest BCUT2D eigenvalue weighted by atomic mass is 16.8. The number of amides is 2. The monoisotopic (exact) mass is 391 g/mol. The van der Waals surface area contributed by atoms with Gasteiger partial charge in [-0.25, -0.2) is 0 Å². The molecule has 2 aromatic carbocycles. The van der Waals surface area contributed by atoms with E-state index in [2.05, 4.69) is 4.98 Å². The van der Waals surface area contributed by atoms with Crippen molar-refractivity contribution in [2.24, 2.45) is 0 Å². The summed E-state index contributed by atoms with van der Waals surface area (Å²) in [6, 6.07) is 13.2. The van der Waals surface area contributed by atoms with Crippen LogP contribution in [0.1, 0.15) is 22.9 Å². The van der Waals surface area contributed by atoms with Crippen molar-refractivity contribution < 1.29 is 14.8 Å². The molecule has 3 aromatic rings. The molecule has 1 aromatic heterocycles. The zero-order valence-corrected chi connectivity index (χ0v) is 15.7. The molecule has 3 heterocycles. The minimum Gasteiger partial charge on any atom is -0.733 e. The highest BCUT2D eigenvalue weighted by molar-refractivity contribution is 5.97. The number of anilines is 1. The predicted octanol–water partition coefficient (Wildman–Crippen LogP) is 2.18. The third-order valence-electron chi connectivity index (χ3n) is 5.86. The Kier molecular flexibility index (Phi) is 3.87. The van der Waals surface area contributed by atoms with Crippen molar-refractivity contribution >= 4 is 28.4 Å². The van der Waals surface area contributed by atoms with Gasteiger partial charge in [0.2, 0.25) is 11.8 Å². The number of carbonyl (C=O) groups excluding carboxylic acids is 2. The highest BCUT2D eigenvalue weighted by Gasteiger charge is 2.47. The molecule has 0 bridgehead atoms. The molecule has 0 spiro atoms. The van der Waals surface area contributed by atoms with Gasteiger partial charge < -0.3 is 25.2 Å². The summed E-state index contributed by atoms with van der Waals surface area (Å²) in [5, 5.41) is 21.6. The third-order valence-corrected chi connectivity index (χ3v) is 5.86. The van der Waals surface area contributed by atoms with Crippen LogP contribution in [-0.2, 0) is 16.0 Å². The Morgan fingerprint density at radius 3 is 2.76 bits per heavy atom. The lowest BCUT2D eigenvalue weighted by Crippen LogP contribution is -2.62. The van der Waals surface area contributed by atoms with Gasteiger partial charge in [0, 0.05) is 30.1 Å². The number of likely N-dealkylation sites (N-methyl/N-ethyl adjacent to an activating group) is 1. The number of benzene rings is 2. The van der Waals surface area contributed by atoms with Crippen molar-refractivity contribution in [3.05, 3.63) is 70.6 Å². The van der Waals surface area contributed by atoms with E-state index in [0.29, 0.717) is 12.0 Å². The minimum atomic E-state index is -0.612. The number of para-hydroxylation sites is 1. The first kappa shape index (κ1) is 17.7. The van der Waals surface area contributed by atoms with E-state index < -0.39 is 12.1 Å². The van der Waals surface area contributed by atoms with E-state index in [1.807, 2.05) is 24.3 Å². The quantitative estimate of drug-likeness (QED) is 0.652. The number of nitrogens with one attached hydrogen (secondary N) is 1. The van der Waals surface area contributed by atoms with E-state index in [4.69, 9.17) is 0 Å². The fraction of sp³-hybridized carbons (Fsp3) is 0.238. The molecule has 148 valence electrons. The second-order valence-electron chi connectivity index (χ2n) is 7.55. The van der Waals surface area contributed by atoms with Gasteiger partial charge >= 0.3 is 0 Å². The van der Waals surface area contributed by atoms with Crippen molar-refractivity contribution in [1.82, 2.24) is 14.8 Å². The van der Waals surface area contributed by atoms with Crippen molar-refractivity contribution in [3.63, 3.8) is 0 Å². The first-order chi connectivity index (χ1) is 14.0. The standard InChI is InChI=1S/C21H19N4O4/c1-23-11-18(26)24-17(21(23)27)10-15-14-7-2-3-8-16(14)22-19(15)20(24)12-5-4-6-13(9-12)25(28)29/h2-9,17,20,22,28H,10-11H2,1H3/q-1. The van der Waals surface area contributed by atoms with Crippen LogP contribution in [0.3, 0.4) is 0 Å². The Balaban J connectivity index is 1.75. The molecular weight excluding hydrogens is 372 g/mol. The van der Waals surface area contributed by atoms with Crippen LogP contribution < -0.4 is 5.23 Å². The van der Waals surface area contributed by atoms with E-state index in [1.165, 1.54) is 11.0 Å². The zero-order valence-electron chi connectivity index (χ0n) is 15.7. The molecule has 0 saturated carbocycles. The van der Waals surface area contributed by atoms with E-state index in [0.717, 1.165) is 22.2 Å². The van der Waals surface area contributed by atoms with E-state index in [1.54, 1.807) is 30.1 Å². The Morgan fingerprint density at radius 2 is 1.97 bits per heavy atom. The van der Waals surface area contributed by atoms with Gasteiger partial charge in [0.25, 0.3) is 0 Å². The number of carbonyl (C=O) groups is 2. The number of piperazine rings is 1. The van der Waals surface area contributed by atoms with Crippen LogP contribution in [0, 0.1) is 5.21 Å². The molecule has 2 amide bonds. The van der Waals surface area contributed by atoms with E-state index in [9.17, 15) is 20.0 Å². The number of nitrogens with zero attached hydrogens (tertiary/aromatic N) is 3. The van der Waals surface area contributed by atoms with Crippen molar-refractivity contribution in [3.8, 4) is 0 Å². The van der Waals surface area contributed by atoms with Crippen LogP contribution in [-0.4, -0.2) is 51.4 Å². The first-order valence-corrected chi connectivity index (χ1v) is 9.37. The average Bonchev–Trinajstić information content (AvgIpc) is 3.09. The SMILES string of the molecule is CN1CC(=O)N2C(Cc3c([nH]c4ccccc34)C2c2cccc(N([O-])O)c2)C1=O. The van der Waals surface area contributed by atoms with Crippen LogP contribution in [0.4, 0.5) is 5.69 Å². The lowest BCUT2D eigenvalue weighted by molar-refractivity contribution is -0.157. The molecule has 29 heavy (non-hydrogen) atoms. The summed E-state index contributed by atoms with van der Waals surface area (Å²) in [5.74, 6) is -0.255. The minimum absolute atomic E-state index is 0.00870. The molecule has 1 saturated heterocycles.